The number of nitrogens with zero attached hydrogens (tertiary/aromatic N) is 3. The van der Waals surface area contributed by atoms with Gasteiger partial charge in [0.1, 0.15) is 5.82 Å². The Hall–Kier alpha value is -3.81. The molecule has 0 atom stereocenters. The first kappa shape index (κ1) is 19.5. The standard InChI is InChI=1S/C22H19N3O5/c1-12(2)16-5-3-13(10-19(16)25(29)30)9-14-7-8-24-20(14)23-18-11-15(22(27)28)4-6-17(18)21(24)26/h3-6,9-12H,7-8H2,1-2H3,(H,27,28)/b14-9+. The van der Waals surface area contributed by atoms with Crippen LogP contribution in [0, 0.1) is 10.1 Å². The van der Waals surface area contributed by atoms with E-state index in [0.29, 0.717) is 40.8 Å². The maximum absolute atomic E-state index is 12.8. The number of aromatic carboxylic acids is 1. The third-order valence-corrected chi connectivity index (χ3v) is 5.31. The fourth-order valence-electron chi connectivity index (χ4n) is 3.79. The summed E-state index contributed by atoms with van der Waals surface area (Å²) in [7, 11) is 0. The summed E-state index contributed by atoms with van der Waals surface area (Å²) in [5, 5.41) is 21.0. The molecule has 0 radical (unpaired) electrons. The van der Waals surface area contributed by atoms with Crippen LogP contribution in [0.1, 0.15) is 53.5 Å². The number of nitro groups is 1. The van der Waals surface area contributed by atoms with Crippen molar-refractivity contribution in [1.29, 1.82) is 0 Å². The van der Waals surface area contributed by atoms with E-state index in [1.54, 1.807) is 16.7 Å². The van der Waals surface area contributed by atoms with Gasteiger partial charge < -0.3 is 5.11 Å². The molecule has 152 valence electrons. The monoisotopic (exact) mass is 405 g/mol. The minimum atomic E-state index is -1.09. The Balaban J connectivity index is 1.84. The van der Waals surface area contributed by atoms with Crippen molar-refractivity contribution in [2.75, 3.05) is 0 Å². The fraction of sp³-hybridized carbons (Fsp3) is 0.227. The molecule has 30 heavy (non-hydrogen) atoms. The highest BCUT2D eigenvalue weighted by Gasteiger charge is 2.22. The van der Waals surface area contributed by atoms with Crippen LogP contribution in [0.4, 0.5) is 5.69 Å². The summed E-state index contributed by atoms with van der Waals surface area (Å²) in [5.41, 5.74) is 2.31. The average Bonchev–Trinajstić information content (AvgIpc) is 3.10. The van der Waals surface area contributed by atoms with Gasteiger partial charge in [-0.25, -0.2) is 9.78 Å². The van der Waals surface area contributed by atoms with Gasteiger partial charge in [0, 0.05) is 18.2 Å². The molecule has 1 aliphatic rings. The van der Waals surface area contributed by atoms with E-state index in [1.807, 2.05) is 19.9 Å². The summed E-state index contributed by atoms with van der Waals surface area (Å²) in [6, 6.07) is 9.37. The van der Waals surface area contributed by atoms with Crippen molar-refractivity contribution in [3.8, 4) is 0 Å². The first-order valence-electron chi connectivity index (χ1n) is 9.53. The number of nitro benzene ring substituents is 1. The lowest BCUT2D eigenvalue weighted by Gasteiger charge is -2.08. The molecule has 8 nitrogen and oxygen atoms in total. The molecule has 0 aliphatic carbocycles. The number of aromatic nitrogens is 2. The first-order valence-corrected chi connectivity index (χ1v) is 9.53. The van der Waals surface area contributed by atoms with Crippen molar-refractivity contribution in [1.82, 2.24) is 9.55 Å². The van der Waals surface area contributed by atoms with Gasteiger partial charge in [-0.05, 0) is 47.8 Å². The van der Waals surface area contributed by atoms with Gasteiger partial charge in [0.15, 0.2) is 0 Å². The van der Waals surface area contributed by atoms with E-state index in [4.69, 9.17) is 0 Å². The molecule has 0 amide bonds. The van der Waals surface area contributed by atoms with Gasteiger partial charge >= 0.3 is 5.97 Å². The molecular formula is C22H19N3O5. The Labute approximate surface area is 171 Å². The van der Waals surface area contributed by atoms with E-state index in [-0.39, 0.29) is 27.7 Å². The SMILES string of the molecule is CC(C)c1ccc(/C=C2\CCn3c2nc2cc(C(=O)O)ccc2c3=O)cc1[N+](=O)[O-]. The second-order valence-corrected chi connectivity index (χ2v) is 7.58. The molecule has 0 fully saturated rings. The van der Waals surface area contributed by atoms with E-state index in [0.717, 1.165) is 5.57 Å². The number of benzene rings is 2. The molecule has 8 heteroatoms. The number of carbonyl (C=O) groups is 1. The minimum absolute atomic E-state index is 0.0225. The minimum Gasteiger partial charge on any atom is -0.478 e. The second-order valence-electron chi connectivity index (χ2n) is 7.58. The van der Waals surface area contributed by atoms with Gasteiger partial charge in [-0.3, -0.25) is 19.5 Å². The maximum Gasteiger partial charge on any atom is 0.335 e. The summed E-state index contributed by atoms with van der Waals surface area (Å²) in [4.78, 5) is 39.7. The lowest BCUT2D eigenvalue weighted by atomic mass is 9.98. The summed E-state index contributed by atoms with van der Waals surface area (Å²) >= 11 is 0. The third-order valence-electron chi connectivity index (χ3n) is 5.31. The van der Waals surface area contributed by atoms with Crippen LogP contribution in [0.15, 0.2) is 41.2 Å². The van der Waals surface area contributed by atoms with E-state index in [9.17, 15) is 24.8 Å². The van der Waals surface area contributed by atoms with E-state index < -0.39 is 5.97 Å². The zero-order valence-corrected chi connectivity index (χ0v) is 16.5. The highest BCUT2D eigenvalue weighted by Crippen LogP contribution is 2.31. The van der Waals surface area contributed by atoms with E-state index in [2.05, 4.69) is 4.98 Å². The number of carboxylic acid groups (broad SMARTS) is 1. The number of hydrogen-bond donors (Lipinski definition) is 1. The molecule has 3 aromatic rings. The van der Waals surface area contributed by atoms with Crippen molar-refractivity contribution in [2.24, 2.45) is 0 Å². The first-order chi connectivity index (χ1) is 14.3. The summed E-state index contributed by atoms with van der Waals surface area (Å²) in [6.07, 6.45) is 2.36. The maximum atomic E-state index is 12.8. The van der Waals surface area contributed by atoms with Crippen LogP contribution in [0.2, 0.25) is 0 Å². The van der Waals surface area contributed by atoms with Crippen molar-refractivity contribution in [3.63, 3.8) is 0 Å². The van der Waals surface area contributed by atoms with Gasteiger partial charge in [0.05, 0.1) is 21.4 Å². The number of carboxylic acids is 1. The second kappa shape index (κ2) is 7.22. The molecule has 0 bridgehead atoms. The Morgan fingerprint density at radius 2 is 2.03 bits per heavy atom. The number of hydrogen-bond acceptors (Lipinski definition) is 5. The van der Waals surface area contributed by atoms with Crippen LogP contribution in [0.25, 0.3) is 22.6 Å². The molecule has 2 aromatic carbocycles. The molecule has 4 rings (SSSR count). The highest BCUT2D eigenvalue weighted by molar-refractivity contribution is 5.93. The molecule has 0 spiro atoms. The number of fused-ring (bicyclic) bond motifs is 2. The molecule has 1 N–H and O–H groups in total. The Bertz CT molecular complexity index is 1300. The zero-order chi connectivity index (χ0) is 21.6. The van der Waals surface area contributed by atoms with Gasteiger partial charge in [0.2, 0.25) is 0 Å². The Kier molecular flexibility index (Phi) is 4.69. The van der Waals surface area contributed by atoms with Crippen LogP contribution >= 0.6 is 0 Å². The quantitative estimate of drug-likeness (QED) is 0.517. The third kappa shape index (κ3) is 3.26. The lowest BCUT2D eigenvalue weighted by Crippen LogP contribution is -2.21. The van der Waals surface area contributed by atoms with Crippen LogP contribution < -0.4 is 5.56 Å². The molecule has 1 aromatic heterocycles. The van der Waals surface area contributed by atoms with E-state index in [1.165, 1.54) is 24.3 Å². The number of allylic oxidation sites excluding steroid dienone is 1. The Morgan fingerprint density at radius 3 is 2.70 bits per heavy atom. The van der Waals surface area contributed by atoms with E-state index >= 15 is 0 Å². The summed E-state index contributed by atoms with van der Waals surface area (Å²) in [5.74, 6) is -0.604. The molecule has 0 saturated heterocycles. The molecule has 0 saturated carbocycles. The van der Waals surface area contributed by atoms with Crippen LogP contribution in [-0.2, 0) is 6.54 Å². The smallest absolute Gasteiger partial charge is 0.335 e. The highest BCUT2D eigenvalue weighted by atomic mass is 16.6. The molecule has 2 heterocycles. The van der Waals surface area contributed by atoms with Gasteiger partial charge in [-0.2, -0.15) is 0 Å². The summed E-state index contributed by atoms with van der Waals surface area (Å²) in [6.45, 7) is 4.26. The number of rotatable bonds is 4. The van der Waals surface area contributed by atoms with Gasteiger partial charge in [-0.1, -0.05) is 26.0 Å². The zero-order valence-electron chi connectivity index (χ0n) is 16.5. The predicted molar refractivity (Wildman–Crippen MR) is 113 cm³/mol. The van der Waals surface area contributed by atoms with Gasteiger partial charge in [0.25, 0.3) is 11.2 Å². The summed E-state index contributed by atoms with van der Waals surface area (Å²) < 4.78 is 1.56. The van der Waals surface area contributed by atoms with Crippen molar-refractivity contribution >= 4 is 34.2 Å². The van der Waals surface area contributed by atoms with Crippen molar-refractivity contribution in [2.45, 2.75) is 32.7 Å². The van der Waals surface area contributed by atoms with Crippen LogP contribution in [-0.4, -0.2) is 25.6 Å². The lowest BCUT2D eigenvalue weighted by molar-refractivity contribution is -0.385. The van der Waals surface area contributed by atoms with Gasteiger partial charge in [-0.15, -0.1) is 0 Å². The largest absolute Gasteiger partial charge is 0.478 e. The molecule has 1 aliphatic heterocycles. The topological polar surface area (TPSA) is 115 Å². The van der Waals surface area contributed by atoms with Crippen molar-refractivity contribution < 1.29 is 14.8 Å². The van der Waals surface area contributed by atoms with Crippen LogP contribution in [0.5, 0.6) is 0 Å². The Morgan fingerprint density at radius 1 is 1.27 bits per heavy atom. The average molecular weight is 405 g/mol. The molecule has 0 unspecified atom stereocenters. The normalized spacial score (nSPS) is 14.4. The predicted octanol–water partition coefficient (Wildman–Crippen LogP) is 4.07. The van der Waals surface area contributed by atoms with Crippen molar-refractivity contribution in [3.05, 3.63) is 79.4 Å². The fourth-order valence-corrected chi connectivity index (χ4v) is 3.79. The molecular weight excluding hydrogens is 386 g/mol. The van der Waals surface area contributed by atoms with Crippen LogP contribution in [0.3, 0.4) is 0 Å².